The minimum absolute atomic E-state index is 0.0168. The molecule has 35 heavy (non-hydrogen) atoms. The number of hydrogen-bond donors (Lipinski definition) is 1. The molecule has 0 aliphatic carbocycles. The van der Waals surface area contributed by atoms with Crippen molar-refractivity contribution in [2.75, 3.05) is 4.90 Å². The SMILES string of the molecule is CC(=O)Oc1ccc(C2/C(=C(\O)c3cc(C)ccc3C)C(=O)C(=O)N2c2cc(C)cc(C)c2)cc1. The highest BCUT2D eigenvalue weighted by atomic mass is 16.5. The highest BCUT2D eigenvalue weighted by molar-refractivity contribution is 6.51. The molecule has 6 nitrogen and oxygen atoms in total. The molecule has 1 saturated heterocycles. The number of carbonyl (C=O) groups excluding carboxylic acids is 3. The fraction of sp³-hybridized carbons (Fsp3) is 0.207. The average Bonchev–Trinajstić information content (AvgIpc) is 3.05. The number of amides is 1. The molecule has 1 N–H and O–H groups in total. The van der Waals surface area contributed by atoms with Gasteiger partial charge < -0.3 is 9.84 Å². The van der Waals surface area contributed by atoms with Crippen LogP contribution in [-0.2, 0) is 14.4 Å². The van der Waals surface area contributed by atoms with E-state index in [-0.39, 0.29) is 11.3 Å². The molecule has 1 amide bonds. The molecule has 0 aromatic heterocycles. The fourth-order valence-corrected chi connectivity index (χ4v) is 4.52. The zero-order valence-electron chi connectivity index (χ0n) is 20.4. The molecule has 1 aliphatic heterocycles. The van der Waals surface area contributed by atoms with Gasteiger partial charge in [0.15, 0.2) is 0 Å². The molecule has 4 rings (SSSR count). The second-order valence-electron chi connectivity index (χ2n) is 9.00. The van der Waals surface area contributed by atoms with Gasteiger partial charge in [0, 0.05) is 18.2 Å². The lowest BCUT2D eigenvalue weighted by molar-refractivity contribution is -0.132. The topological polar surface area (TPSA) is 83.9 Å². The van der Waals surface area contributed by atoms with Gasteiger partial charge in [-0.2, -0.15) is 0 Å². The summed E-state index contributed by atoms with van der Waals surface area (Å²) in [7, 11) is 0. The zero-order valence-corrected chi connectivity index (χ0v) is 20.4. The van der Waals surface area contributed by atoms with E-state index in [2.05, 4.69) is 0 Å². The Hall–Kier alpha value is -4.19. The Labute approximate surface area is 204 Å². The van der Waals surface area contributed by atoms with Crippen LogP contribution in [0, 0.1) is 27.7 Å². The minimum Gasteiger partial charge on any atom is -0.507 e. The van der Waals surface area contributed by atoms with Gasteiger partial charge in [0.25, 0.3) is 11.7 Å². The van der Waals surface area contributed by atoms with Crippen molar-refractivity contribution in [3.63, 3.8) is 0 Å². The van der Waals surface area contributed by atoms with E-state index < -0.39 is 23.7 Å². The van der Waals surface area contributed by atoms with Crippen LogP contribution >= 0.6 is 0 Å². The van der Waals surface area contributed by atoms with E-state index in [0.717, 1.165) is 22.3 Å². The summed E-state index contributed by atoms with van der Waals surface area (Å²) in [6, 6.07) is 17.0. The first kappa shape index (κ1) is 24.0. The molecule has 1 atom stereocenters. The number of aliphatic hydroxyl groups excluding tert-OH is 1. The fourth-order valence-electron chi connectivity index (χ4n) is 4.52. The summed E-state index contributed by atoms with van der Waals surface area (Å²) < 4.78 is 5.14. The maximum atomic E-state index is 13.4. The lowest BCUT2D eigenvalue weighted by Gasteiger charge is -2.26. The predicted molar refractivity (Wildman–Crippen MR) is 134 cm³/mol. The first-order chi connectivity index (χ1) is 16.6. The van der Waals surface area contributed by atoms with E-state index in [0.29, 0.717) is 22.6 Å². The summed E-state index contributed by atoms with van der Waals surface area (Å²) in [5, 5.41) is 11.4. The van der Waals surface area contributed by atoms with E-state index in [1.54, 1.807) is 30.3 Å². The van der Waals surface area contributed by atoms with Crippen LogP contribution in [0.3, 0.4) is 0 Å². The molecule has 1 fully saturated rings. The number of carbonyl (C=O) groups is 3. The predicted octanol–water partition coefficient (Wildman–Crippen LogP) is 5.47. The van der Waals surface area contributed by atoms with Crippen molar-refractivity contribution in [2.24, 2.45) is 0 Å². The van der Waals surface area contributed by atoms with Crippen LogP contribution in [0.15, 0.2) is 66.2 Å². The molecule has 0 saturated carbocycles. The third-order valence-corrected chi connectivity index (χ3v) is 6.03. The van der Waals surface area contributed by atoms with E-state index in [1.807, 2.05) is 58.0 Å². The number of nitrogens with zero attached hydrogens (tertiary/aromatic N) is 1. The second-order valence-corrected chi connectivity index (χ2v) is 9.00. The third-order valence-electron chi connectivity index (χ3n) is 6.03. The second kappa shape index (κ2) is 9.22. The lowest BCUT2D eigenvalue weighted by Crippen LogP contribution is -2.29. The van der Waals surface area contributed by atoms with E-state index in [1.165, 1.54) is 11.8 Å². The number of rotatable bonds is 4. The summed E-state index contributed by atoms with van der Waals surface area (Å²) in [5.41, 5.74) is 5.29. The molecular formula is C29H27NO5. The van der Waals surface area contributed by atoms with Crippen molar-refractivity contribution in [3.05, 3.63) is 99.6 Å². The molecule has 178 valence electrons. The van der Waals surface area contributed by atoms with Crippen LogP contribution in [0.25, 0.3) is 5.76 Å². The van der Waals surface area contributed by atoms with Gasteiger partial charge in [-0.1, -0.05) is 35.9 Å². The molecule has 1 heterocycles. The van der Waals surface area contributed by atoms with Crippen LogP contribution in [0.4, 0.5) is 5.69 Å². The number of anilines is 1. The lowest BCUT2D eigenvalue weighted by atomic mass is 9.93. The van der Waals surface area contributed by atoms with Gasteiger partial charge in [0.05, 0.1) is 11.6 Å². The number of Topliss-reactive ketones (excluding diaryl/α,β-unsaturated/α-hetero) is 1. The Morgan fingerprint density at radius 1 is 0.857 bits per heavy atom. The van der Waals surface area contributed by atoms with Gasteiger partial charge in [-0.3, -0.25) is 19.3 Å². The molecule has 1 aliphatic rings. The van der Waals surface area contributed by atoms with E-state index >= 15 is 0 Å². The first-order valence-corrected chi connectivity index (χ1v) is 11.3. The summed E-state index contributed by atoms with van der Waals surface area (Å²) in [6.07, 6.45) is 0. The summed E-state index contributed by atoms with van der Waals surface area (Å²) in [6.45, 7) is 8.90. The number of hydrogen-bond acceptors (Lipinski definition) is 5. The zero-order chi connectivity index (χ0) is 25.4. The average molecular weight is 470 g/mol. The number of aryl methyl sites for hydroxylation is 4. The van der Waals surface area contributed by atoms with E-state index in [4.69, 9.17) is 4.74 Å². The highest BCUT2D eigenvalue weighted by Gasteiger charge is 2.47. The molecule has 0 radical (unpaired) electrons. The van der Waals surface area contributed by atoms with Gasteiger partial charge in [-0.25, -0.2) is 0 Å². The number of ketones is 1. The first-order valence-electron chi connectivity index (χ1n) is 11.3. The summed E-state index contributed by atoms with van der Waals surface area (Å²) in [5.74, 6) is -1.79. The van der Waals surface area contributed by atoms with Crippen LogP contribution in [0.2, 0.25) is 0 Å². The quantitative estimate of drug-likeness (QED) is 0.180. The monoisotopic (exact) mass is 469 g/mol. The van der Waals surface area contributed by atoms with Crippen molar-refractivity contribution in [3.8, 4) is 5.75 Å². The largest absolute Gasteiger partial charge is 0.507 e. The van der Waals surface area contributed by atoms with Crippen molar-refractivity contribution >= 4 is 29.1 Å². The van der Waals surface area contributed by atoms with Crippen LogP contribution in [-0.4, -0.2) is 22.8 Å². The van der Waals surface area contributed by atoms with Crippen molar-refractivity contribution < 1.29 is 24.2 Å². The van der Waals surface area contributed by atoms with E-state index in [9.17, 15) is 19.5 Å². The molecule has 0 bridgehead atoms. The van der Waals surface area contributed by atoms with Gasteiger partial charge in [-0.05, 0) is 80.3 Å². The molecule has 3 aromatic carbocycles. The van der Waals surface area contributed by atoms with Gasteiger partial charge >= 0.3 is 5.97 Å². The smallest absolute Gasteiger partial charge is 0.308 e. The summed E-state index contributed by atoms with van der Waals surface area (Å²) >= 11 is 0. The Morgan fingerprint density at radius 2 is 1.49 bits per heavy atom. The highest BCUT2D eigenvalue weighted by Crippen LogP contribution is 2.43. The van der Waals surface area contributed by atoms with Crippen LogP contribution in [0.5, 0.6) is 5.75 Å². The number of ether oxygens (including phenoxy) is 1. The van der Waals surface area contributed by atoms with Crippen molar-refractivity contribution in [1.29, 1.82) is 0 Å². The standard InChI is InChI=1S/C29H27NO5/c1-16-6-7-19(4)24(15-16)27(32)25-26(21-8-10-23(11-9-21)35-20(5)31)30(29(34)28(25)33)22-13-17(2)12-18(3)14-22/h6-15,26,32H,1-5H3/b27-25+. The molecule has 0 spiro atoms. The van der Waals surface area contributed by atoms with Gasteiger partial charge in [-0.15, -0.1) is 0 Å². The van der Waals surface area contributed by atoms with Crippen LogP contribution in [0.1, 0.15) is 46.3 Å². The number of aliphatic hydroxyl groups is 1. The Bertz CT molecular complexity index is 1360. The van der Waals surface area contributed by atoms with Gasteiger partial charge in [0.2, 0.25) is 0 Å². The molecule has 6 heteroatoms. The molecule has 1 unspecified atom stereocenters. The Kier molecular flexibility index (Phi) is 6.31. The molecular weight excluding hydrogens is 442 g/mol. The van der Waals surface area contributed by atoms with Gasteiger partial charge in [0.1, 0.15) is 11.5 Å². The van der Waals surface area contributed by atoms with Crippen LogP contribution < -0.4 is 9.64 Å². The Morgan fingerprint density at radius 3 is 2.09 bits per heavy atom. The maximum Gasteiger partial charge on any atom is 0.308 e. The Balaban J connectivity index is 1.95. The minimum atomic E-state index is -0.859. The normalized spacial score (nSPS) is 17.1. The molecule has 3 aromatic rings. The number of esters is 1. The number of benzene rings is 3. The summed E-state index contributed by atoms with van der Waals surface area (Å²) in [4.78, 5) is 39.5. The van der Waals surface area contributed by atoms with Crippen molar-refractivity contribution in [2.45, 2.75) is 40.7 Å². The maximum absolute atomic E-state index is 13.4. The van der Waals surface area contributed by atoms with Crippen molar-refractivity contribution in [1.82, 2.24) is 0 Å². The third kappa shape index (κ3) is 4.60.